The molecule has 23 heavy (non-hydrogen) atoms. The van der Waals surface area contributed by atoms with Crippen LogP contribution in [0.4, 0.5) is 0 Å². The van der Waals surface area contributed by atoms with Gasteiger partial charge in [0.05, 0.1) is 15.6 Å². The number of amides is 1. The molecule has 1 aliphatic heterocycles. The summed E-state index contributed by atoms with van der Waals surface area (Å²) in [4.78, 5) is 27.0. The summed E-state index contributed by atoms with van der Waals surface area (Å²) < 4.78 is 0. The molecule has 0 spiro atoms. The number of carboxylic acids is 1. The lowest BCUT2D eigenvalue weighted by molar-refractivity contribution is -0.137. The maximum absolute atomic E-state index is 12.6. The first-order valence-electron chi connectivity index (χ1n) is 7.66. The molecule has 1 aromatic carbocycles. The molecule has 1 aromatic rings. The van der Waals surface area contributed by atoms with Gasteiger partial charge < -0.3 is 10.0 Å². The molecule has 126 valence electrons. The van der Waals surface area contributed by atoms with E-state index in [2.05, 4.69) is 4.90 Å². The van der Waals surface area contributed by atoms with E-state index in [0.29, 0.717) is 35.1 Å². The van der Waals surface area contributed by atoms with Crippen LogP contribution in [0.15, 0.2) is 18.2 Å². The van der Waals surface area contributed by atoms with Crippen LogP contribution in [0.25, 0.3) is 0 Å². The number of carboxylic acid groups (broad SMARTS) is 1. The minimum Gasteiger partial charge on any atom is -0.481 e. The van der Waals surface area contributed by atoms with Gasteiger partial charge in [-0.25, -0.2) is 0 Å². The summed E-state index contributed by atoms with van der Waals surface area (Å²) in [5.74, 6) is -0.886. The van der Waals surface area contributed by atoms with Crippen LogP contribution in [0.1, 0.15) is 29.6 Å². The topological polar surface area (TPSA) is 60.9 Å². The first kappa shape index (κ1) is 18.0. The zero-order valence-electron chi connectivity index (χ0n) is 12.8. The number of rotatable bonds is 6. The number of carbonyl (C=O) groups excluding carboxylic acids is 1. The van der Waals surface area contributed by atoms with Gasteiger partial charge in [0.25, 0.3) is 5.91 Å². The van der Waals surface area contributed by atoms with E-state index in [1.807, 2.05) is 0 Å². The maximum Gasteiger partial charge on any atom is 0.303 e. The Bertz CT molecular complexity index is 552. The zero-order valence-corrected chi connectivity index (χ0v) is 14.3. The minimum atomic E-state index is -0.753. The molecule has 5 nitrogen and oxygen atoms in total. The molecule has 1 fully saturated rings. The highest BCUT2D eigenvalue weighted by molar-refractivity contribution is 6.39. The van der Waals surface area contributed by atoms with Crippen molar-refractivity contribution in [3.63, 3.8) is 0 Å². The number of nitrogens with zero attached hydrogens (tertiary/aromatic N) is 2. The number of hydrogen-bond donors (Lipinski definition) is 1. The summed E-state index contributed by atoms with van der Waals surface area (Å²) in [6.45, 7) is 3.67. The fourth-order valence-electron chi connectivity index (χ4n) is 2.65. The number of hydrogen-bond acceptors (Lipinski definition) is 3. The quantitative estimate of drug-likeness (QED) is 0.794. The van der Waals surface area contributed by atoms with Crippen LogP contribution in [-0.2, 0) is 4.79 Å². The van der Waals surface area contributed by atoms with Crippen LogP contribution in [-0.4, -0.2) is 59.5 Å². The lowest BCUT2D eigenvalue weighted by Crippen LogP contribution is -2.49. The molecule has 0 atom stereocenters. The number of unbranched alkanes of at least 4 members (excludes halogenated alkanes) is 1. The summed E-state index contributed by atoms with van der Waals surface area (Å²) in [7, 11) is 0. The lowest BCUT2D eigenvalue weighted by atomic mass is 10.1. The Hall–Kier alpha value is -1.30. The highest BCUT2D eigenvalue weighted by atomic mass is 35.5. The van der Waals surface area contributed by atoms with E-state index < -0.39 is 5.97 Å². The Morgan fingerprint density at radius 2 is 1.65 bits per heavy atom. The highest BCUT2D eigenvalue weighted by Gasteiger charge is 2.25. The second kappa shape index (κ2) is 8.52. The van der Waals surface area contributed by atoms with Crippen molar-refractivity contribution in [1.82, 2.24) is 9.80 Å². The van der Waals surface area contributed by atoms with Gasteiger partial charge in [-0.05, 0) is 31.5 Å². The van der Waals surface area contributed by atoms with Crippen molar-refractivity contribution >= 4 is 35.1 Å². The molecule has 1 N–H and O–H groups in total. The van der Waals surface area contributed by atoms with Gasteiger partial charge in [0.1, 0.15) is 0 Å². The molecule has 1 aliphatic rings. The molecule has 1 heterocycles. The Morgan fingerprint density at radius 1 is 1.04 bits per heavy atom. The summed E-state index contributed by atoms with van der Waals surface area (Å²) in [6.07, 6.45) is 1.75. The van der Waals surface area contributed by atoms with Crippen molar-refractivity contribution in [3.05, 3.63) is 33.8 Å². The average molecular weight is 359 g/mol. The van der Waals surface area contributed by atoms with Crippen LogP contribution in [0.3, 0.4) is 0 Å². The number of benzene rings is 1. The van der Waals surface area contributed by atoms with Crippen molar-refractivity contribution in [2.24, 2.45) is 0 Å². The molecule has 1 amide bonds. The highest BCUT2D eigenvalue weighted by Crippen LogP contribution is 2.26. The van der Waals surface area contributed by atoms with Gasteiger partial charge in [0.2, 0.25) is 0 Å². The van der Waals surface area contributed by atoms with Crippen molar-refractivity contribution in [2.45, 2.75) is 19.3 Å². The second-order valence-electron chi connectivity index (χ2n) is 5.58. The molecule has 0 saturated carbocycles. The Balaban J connectivity index is 1.82. The van der Waals surface area contributed by atoms with E-state index in [9.17, 15) is 9.59 Å². The molecule has 0 aromatic heterocycles. The van der Waals surface area contributed by atoms with Gasteiger partial charge in [-0.15, -0.1) is 0 Å². The second-order valence-corrected chi connectivity index (χ2v) is 6.40. The van der Waals surface area contributed by atoms with Gasteiger partial charge in [-0.1, -0.05) is 29.3 Å². The maximum atomic E-state index is 12.6. The average Bonchev–Trinajstić information content (AvgIpc) is 2.51. The van der Waals surface area contributed by atoms with Crippen molar-refractivity contribution < 1.29 is 14.7 Å². The third kappa shape index (κ3) is 5.09. The molecule has 0 bridgehead atoms. The van der Waals surface area contributed by atoms with E-state index in [-0.39, 0.29) is 12.3 Å². The van der Waals surface area contributed by atoms with E-state index in [0.717, 1.165) is 26.1 Å². The van der Waals surface area contributed by atoms with Crippen molar-refractivity contribution in [3.8, 4) is 0 Å². The van der Waals surface area contributed by atoms with E-state index >= 15 is 0 Å². The Kier molecular flexibility index (Phi) is 6.69. The summed E-state index contributed by atoms with van der Waals surface area (Å²) >= 11 is 12.2. The molecule has 0 unspecified atom stereocenters. The number of halogens is 2. The van der Waals surface area contributed by atoms with Crippen LogP contribution < -0.4 is 0 Å². The largest absolute Gasteiger partial charge is 0.481 e. The monoisotopic (exact) mass is 358 g/mol. The Morgan fingerprint density at radius 3 is 2.22 bits per heavy atom. The van der Waals surface area contributed by atoms with E-state index in [4.69, 9.17) is 28.3 Å². The van der Waals surface area contributed by atoms with E-state index in [1.54, 1.807) is 23.1 Å². The summed E-state index contributed by atoms with van der Waals surface area (Å²) in [5, 5.41) is 9.37. The first-order valence-corrected chi connectivity index (χ1v) is 8.42. The first-order chi connectivity index (χ1) is 11.0. The molecular formula is C16H20Cl2N2O3. The fraction of sp³-hybridized carbons (Fsp3) is 0.500. The smallest absolute Gasteiger partial charge is 0.303 e. The summed E-state index contributed by atoms with van der Waals surface area (Å²) in [5.41, 5.74) is 0.366. The molecule has 1 saturated heterocycles. The molecule has 0 radical (unpaired) electrons. The molecule has 2 rings (SSSR count). The zero-order chi connectivity index (χ0) is 16.8. The lowest BCUT2D eigenvalue weighted by Gasteiger charge is -2.35. The minimum absolute atomic E-state index is 0.133. The van der Waals surface area contributed by atoms with Crippen LogP contribution in [0, 0.1) is 0 Å². The van der Waals surface area contributed by atoms with Gasteiger partial charge >= 0.3 is 5.97 Å². The fourth-order valence-corrected chi connectivity index (χ4v) is 3.21. The number of piperazine rings is 1. The SMILES string of the molecule is O=C(O)CCCCN1CCN(C(=O)c2c(Cl)cccc2Cl)CC1. The normalized spacial score (nSPS) is 15.7. The molecular weight excluding hydrogens is 339 g/mol. The van der Waals surface area contributed by atoms with Crippen LogP contribution in [0.2, 0.25) is 10.0 Å². The third-order valence-electron chi connectivity index (χ3n) is 3.95. The summed E-state index contributed by atoms with van der Waals surface area (Å²) in [6, 6.07) is 5.05. The van der Waals surface area contributed by atoms with Crippen LogP contribution >= 0.6 is 23.2 Å². The predicted octanol–water partition coefficient (Wildman–Crippen LogP) is 3.01. The molecule has 0 aliphatic carbocycles. The number of aliphatic carboxylic acids is 1. The predicted molar refractivity (Wildman–Crippen MR) is 90.3 cm³/mol. The third-order valence-corrected chi connectivity index (χ3v) is 4.58. The molecule has 7 heteroatoms. The van der Waals surface area contributed by atoms with E-state index in [1.165, 1.54) is 0 Å². The van der Waals surface area contributed by atoms with Gasteiger partial charge in [-0.2, -0.15) is 0 Å². The number of carbonyl (C=O) groups is 2. The van der Waals surface area contributed by atoms with Crippen LogP contribution in [0.5, 0.6) is 0 Å². The Labute approximate surface area is 145 Å². The van der Waals surface area contributed by atoms with Crippen molar-refractivity contribution in [2.75, 3.05) is 32.7 Å². The standard InChI is InChI=1S/C16H20Cl2N2O3/c17-12-4-3-5-13(18)15(12)16(23)20-10-8-19(9-11-20)7-2-1-6-14(21)22/h3-5H,1-2,6-11H2,(H,21,22). The van der Waals surface area contributed by atoms with Gasteiger partial charge in [0, 0.05) is 32.6 Å². The van der Waals surface area contributed by atoms with Gasteiger partial charge in [-0.3, -0.25) is 14.5 Å². The van der Waals surface area contributed by atoms with Crippen molar-refractivity contribution in [1.29, 1.82) is 0 Å². The van der Waals surface area contributed by atoms with Gasteiger partial charge in [0.15, 0.2) is 0 Å².